The van der Waals surface area contributed by atoms with Gasteiger partial charge in [-0.1, -0.05) is 12.1 Å². The highest BCUT2D eigenvalue weighted by atomic mass is 16.1. The number of hydrogen-bond donors (Lipinski definition) is 1. The Bertz CT molecular complexity index is 535. The number of nitrogens with two attached hydrogens (primary N) is 1. The summed E-state index contributed by atoms with van der Waals surface area (Å²) in [5.74, 6) is 0. The van der Waals surface area contributed by atoms with Crippen LogP contribution < -0.4 is 5.73 Å². The molecule has 1 heterocycles. The number of aromatic nitrogens is 1. The molecule has 0 fully saturated rings. The molecular formula is C13H12N2O. The van der Waals surface area contributed by atoms with Crippen molar-refractivity contribution in [2.75, 3.05) is 5.73 Å². The predicted molar refractivity (Wildman–Crippen MR) is 64.2 cm³/mol. The Balaban J connectivity index is 2.64. The van der Waals surface area contributed by atoms with Gasteiger partial charge in [-0.25, -0.2) is 0 Å². The van der Waals surface area contributed by atoms with Crippen LogP contribution >= 0.6 is 0 Å². The minimum atomic E-state index is 0.619. The van der Waals surface area contributed by atoms with Gasteiger partial charge in [-0.3, -0.25) is 9.78 Å². The van der Waals surface area contributed by atoms with Gasteiger partial charge in [0.1, 0.15) is 0 Å². The molecule has 0 saturated heterocycles. The fourth-order valence-electron chi connectivity index (χ4n) is 1.63. The molecule has 0 unspecified atom stereocenters. The lowest BCUT2D eigenvalue weighted by molar-refractivity contribution is 0.112. The summed E-state index contributed by atoms with van der Waals surface area (Å²) in [6.45, 7) is 1.89. The van der Waals surface area contributed by atoms with E-state index in [-0.39, 0.29) is 0 Å². The van der Waals surface area contributed by atoms with Gasteiger partial charge in [0.2, 0.25) is 0 Å². The standard InChI is InChI=1S/C13H12N2O/c1-9-5-6-15-13(12(9)8-16)10-3-2-4-11(14)7-10/h2-8H,14H2,1H3. The lowest BCUT2D eigenvalue weighted by Crippen LogP contribution is -1.95. The van der Waals surface area contributed by atoms with Crippen LogP contribution in [0.3, 0.4) is 0 Å². The highest BCUT2D eigenvalue weighted by Gasteiger charge is 2.08. The Hall–Kier alpha value is -2.16. The van der Waals surface area contributed by atoms with Crippen LogP contribution in [0.1, 0.15) is 15.9 Å². The zero-order chi connectivity index (χ0) is 11.5. The van der Waals surface area contributed by atoms with Gasteiger partial charge >= 0.3 is 0 Å². The molecule has 2 aromatic rings. The average Bonchev–Trinajstić information content (AvgIpc) is 2.28. The van der Waals surface area contributed by atoms with Gasteiger partial charge in [0.15, 0.2) is 6.29 Å². The van der Waals surface area contributed by atoms with E-state index >= 15 is 0 Å². The van der Waals surface area contributed by atoms with Gasteiger partial charge in [-0.15, -0.1) is 0 Å². The van der Waals surface area contributed by atoms with Crippen molar-refractivity contribution in [3.63, 3.8) is 0 Å². The van der Waals surface area contributed by atoms with Gasteiger partial charge < -0.3 is 5.73 Å². The molecule has 0 amide bonds. The Morgan fingerprint density at radius 1 is 1.31 bits per heavy atom. The first-order valence-electron chi connectivity index (χ1n) is 4.99. The molecule has 16 heavy (non-hydrogen) atoms. The first-order valence-corrected chi connectivity index (χ1v) is 4.99. The van der Waals surface area contributed by atoms with E-state index in [1.807, 2.05) is 31.2 Å². The fourth-order valence-corrected chi connectivity index (χ4v) is 1.63. The maximum atomic E-state index is 11.0. The number of carbonyl (C=O) groups excluding carboxylic acids is 1. The van der Waals surface area contributed by atoms with E-state index in [0.717, 1.165) is 17.4 Å². The Kier molecular flexibility index (Phi) is 2.68. The Labute approximate surface area is 93.9 Å². The van der Waals surface area contributed by atoms with Crippen LogP contribution in [0, 0.1) is 6.92 Å². The van der Waals surface area contributed by atoms with Crippen molar-refractivity contribution in [2.45, 2.75) is 6.92 Å². The van der Waals surface area contributed by atoms with Crippen LogP contribution in [0.4, 0.5) is 5.69 Å². The summed E-state index contributed by atoms with van der Waals surface area (Å²) in [6, 6.07) is 9.18. The third kappa shape index (κ3) is 1.80. The van der Waals surface area contributed by atoms with Crippen LogP contribution in [-0.2, 0) is 0 Å². The summed E-state index contributed by atoms with van der Waals surface area (Å²) >= 11 is 0. The second-order valence-electron chi connectivity index (χ2n) is 3.63. The molecule has 80 valence electrons. The van der Waals surface area contributed by atoms with Crippen LogP contribution in [-0.4, -0.2) is 11.3 Å². The lowest BCUT2D eigenvalue weighted by atomic mass is 10.0. The summed E-state index contributed by atoms with van der Waals surface area (Å²) < 4.78 is 0. The number of pyridine rings is 1. The summed E-state index contributed by atoms with van der Waals surface area (Å²) in [7, 11) is 0. The number of aryl methyl sites for hydroxylation is 1. The molecule has 0 atom stereocenters. The summed E-state index contributed by atoms with van der Waals surface area (Å²) in [6.07, 6.45) is 2.53. The van der Waals surface area contributed by atoms with Crippen molar-refractivity contribution in [1.29, 1.82) is 0 Å². The smallest absolute Gasteiger partial charge is 0.152 e. The maximum absolute atomic E-state index is 11.0. The topological polar surface area (TPSA) is 56.0 Å². The number of anilines is 1. The number of aldehydes is 1. The van der Waals surface area contributed by atoms with Crippen molar-refractivity contribution < 1.29 is 4.79 Å². The molecule has 0 aliphatic carbocycles. The van der Waals surface area contributed by atoms with Crippen LogP contribution in [0.15, 0.2) is 36.5 Å². The fraction of sp³-hybridized carbons (Fsp3) is 0.0769. The van der Waals surface area contributed by atoms with Crippen molar-refractivity contribution >= 4 is 12.0 Å². The molecule has 2 rings (SSSR count). The monoisotopic (exact) mass is 212 g/mol. The van der Waals surface area contributed by atoms with Gasteiger partial charge in [0, 0.05) is 23.0 Å². The molecule has 0 spiro atoms. The minimum absolute atomic E-state index is 0.619. The average molecular weight is 212 g/mol. The molecule has 0 bridgehead atoms. The van der Waals surface area contributed by atoms with Gasteiger partial charge in [0.05, 0.1) is 5.69 Å². The van der Waals surface area contributed by atoms with E-state index in [4.69, 9.17) is 5.73 Å². The number of carbonyl (C=O) groups is 1. The molecule has 1 aromatic carbocycles. The minimum Gasteiger partial charge on any atom is -0.399 e. The molecule has 0 aliphatic rings. The molecule has 1 aromatic heterocycles. The van der Waals surface area contributed by atoms with Crippen molar-refractivity contribution in [3.8, 4) is 11.3 Å². The van der Waals surface area contributed by atoms with Crippen LogP contribution in [0.5, 0.6) is 0 Å². The molecule has 3 heteroatoms. The first kappa shape index (κ1) is 10.4. The van der Waals surface area contributed by atoms with Crippen molar-refractivity contribution in [1.82, 2.24) is 4.98 Å². The molecule has 2 N–H and O–H groups in total. The Morgan fingerprint density at radius 2 is 2.12 bits per heavy atom. The normalized spacial score (nSPS) is 10.1. The third-order valence-corrected chi connectivity index (χ3v) is 2.49. The molecule has 0 aliphatic heterocycles. The number of benzene rings is 1. The maximum Gasteiger partial charge on any atom is 0.152 e. The molecule has 0 radical (unpaired) electrons. The summed E-state index contributed by atoms with van der Waals surface area (Å²) in [5.41, 5.74) is 9.46. The second-order valence-corrected chi connectivity index (χ2v) is 3.63. The van der Waals surface area contributed by atoms with Crippen LogP contribution in [0.2, 0.25) is 0 Å². The number of nitrogens with zero attached hydrogens (tertiary/aromatic N) is 1. The van der Waals surface area contributed by atoms with E-state index in [1.165, 1.54) is 0 Å². The quantitative estimate of drug-likeness (QED) is 0.614. The molecule has 0 saturated carbocycles. The van der Waals surface area contributed by atoms with Crippen molar-refractivity contribution in [2.24, 2.45) is 0 Å². The molecule has 3 nitrogen and oxygen atoms in total. The van der Waals surface area contributed by atoms with E-state index < -0.39 is 0 Å². The molecular weight excluding hydrogens is 200 g/mol. The largest absolute Gasteiger partial charge is 0.399 e. The highest BCUT2D eigenvalue weighted by Crippen LogP contribution is 2.23. The van der Waals surface area contributed by atoms with Gasteiger partial charge in [-0.2, -0.15) is 0 Å². The van der Waals surface area contributed by atoms with E-state index in [0.29, 0.717) is 16.9 Å². The van der Waals surface area contributed by atoms with E-state index in [9.17, 15) is 4.79 Å². The number of rotatable bonds is 2. The predicted octanol–water partition coefficient (Wildman–Crippen LogP) is 2.45. The van der Waals surface area contributed by atoms with Crippen LogP contribution in [0.25, 0.3) is 11.3 Å². The number of nitrogen functional groups attached to an aromatic ring is 1. The zero-order valence-electron chi connectivity index (χ0n) is 8.97. The van der Waals surface area contributed by atoms with Gasteiger partial charge in [-0.05, 0) is 30.7 Å². The van der Waals surface area contributed by atoms with Crippen molar-refractivity contribution in [3.05, 3.63) is 47.7 Å². The number of hydrogen-bond acceptors (Lipinski definition) is 3. The third-order valence-electron chi connectivity index (χ3n) is 2.49. The van der Waals surface area contributed by atoms with Gasteiger partial charge in [0.25, 0.3) is 0 Å². The highest BCUT2D eigenvalue weighted by molar-refractivity contribution is 5.87. The SMILES string of the molecule is Cc1ccnc(-c2cccc(N)c2)c1C=O. The summed E-state index contributed by atoms with van der Waals surface area (Å²) in [4.78, 5) is 15.3. The summed E-state index contributed by atoms with van der Waals surface area (Å²) in [5, 5.41) is 0. The Morgan fingerprint density at radius 3 is 2.81 bits per heavy atom. The lowest BCUT2D eigenvalue weighted by Gasteiger charge is -2.06. The van der Waals surface area contributed by atoms with E-state index in [1.54, 1.807) is 12.3 Å². The zero-order valence-corrected chi connectivity index (χ0v) is 8.97. The van der Waals surface area contributed by atoms with E-state index in [2.05, 4.69) is 4.98 Å². The first-order chi connectivity index (χ1) is 7.72. The second kappa shape index (κ2) is 4.14.